The number of ether oxygens (including phenoxy) is 2. The number of nitrogens with one attached hydrogen (secondary N) is 1. The van der Waals surface area contributed by atoms with E-state index in [9.17, 15) is 27.6 Å². The maximum atomic E-state index is 15.5. The van der Waals surface area contributed by atoms with Crippen molar-refractivity contribution < 1.29 is 45.8 Å². The molecule has 0 saturated carbocycles. The van der Waals surface area contributed by atoms with Crippen LogP contribution in [0.2, 0.25) is 5.02 Å². The highest BCUT2D eigenvalue weighted by Gasteiger charge is 2.35. The number of halogens is 6. The van der Waals surface area contributed by atoms with Crippen LogP contribution in [0.3, 0.4) is 0 Å². The molecule has 2 aliphatic heterocycles. The lowest BCUT2D eigenvalue weighted by Gasteiger charge is -2.41. The minimum Gasteiger partial charge on any atom is -0.469 e. The van der Waals surface area contributed by atoms with Crippen LogP contribution < -0.4 is 10.2 Å². The standard InChI is InChI=1S/C33H41ClF5N5O5/c1-32(2,3)49-31(47)44-16-15-43(23(20-44)18-27(45)48-4)19-21-5-7-24(29(36)28(21)35)30(46)40-25-8-6-22(34)17-26(25)42-13-11-41(12-14-42)10-9-33(37,38)39/h5-8,17,23H,9-16,18-20H2,1-4H3,(H,40,46). The fourth-order valence-electron chi connectivity index (χ4n) is 5.73. The lowest BCUT2D eigenvalue weighted by molar-refractivity contribution is -0.143. The van der Waals surface area contributed by atoms with Crippen LogP contribution in [0.5, 0.6) is 0 Å². The summed E-state index contributed by atoms with van der Waals surface area (Å²) in [5.41, 5.74) is -0.551. The van der Waals surface area contributed by atoms with Crippen molar-refractivity contribution in [3.8, 4) is 0 Å². The molecule has 1 unspecified atom stereocenters. The molecule has 2 saturated heterocycles. The number of carbonyl (C=O) groups is 3. The first-order valence-electron chi connectivity index (χ1n) is 15.8. The lowest BCUT2D eigenvalue weighted by atomic mass is 10.0. The first-order chi connectivity index (χ1) is 22.9. The van der Waals surface area contributed by atoms with Crippen molar-refractivity contribution in [1.29, 1.82) is 0 Å². The van der Waals surface area contributed by atoms with Gasteiger partial charge in [0.1, 0.15) is 5.60 Å². The largest absolute Gasteiger partial charge is 0.469 e. The first kappa shape index (κ1) is 38.1. The molecule has 0 aliphatic carbocycles. The molecule has 0 radical (unpaired) electrons. The third-order valence-electron chi connectivity index (χ3n) is 8.30. The van der Waals surface area contributed by atoms with E-state index in [0.717, 1.165) is 0 Å². The number of benzene rings is 2. The van der Waals surface area contributed by atoms with Gasteiger partial charge in [-0.05, 0) is 45.0 Å². The van der Waals surface area contributed by atoms with E-state index in [-0.39, 0.29) is 50.4 Å². The molecule has 2 aliphatic rings. The Bertz CT molecular complexity index is 1510. The minimum atomic E-state index is -4.25. The average Bonchev–Trinajstić information content (AvgIpc) is 3.02. The highest BCUT2D eigenvalue weighted by molar-refractivity contribution is 6.31. The van der Waals surface area contributed by atoms with Gasteiger partial charge in [-0.3, -0.25) is 19.4 Å². The molecule has 2 aromatic carbocycles. The fraction of sp³-hybridized carbons (Fsp3) is 0.545. The second-order valence-corrected chi connectivity index (χ2v) is 13.5. The molecule has 1 atom stereocenters. The van der Waals surface area contributed by atoms with Crippen LogP contribution in [0, 0.1) is 11.6 Å². The predicted molar refractivity (Wildman–Crippen MR) is 174 cm³/mol. The number of methoxy groups -OCH3 is 1. The second-order valence-electron chi connectivity index (χ2n) is 13.0. The Hall–Kier alpha value is -3.69. The third-order valence-corrected chi connectivity index (χ3v) is 8.53. The number of alkyl halides is 3. The van der Waals surface area contributed by atoms with Crippen LogP contribution in [0.15, 0.2) is 30.3 Å². The Morgan fingerprint density at radius 1 is 0.959 bits per heavy atom. The molecular weight excluding hydrogens is 677 g/mol. The van der Waals surface area contributed by atoms with Gasteiger partial charge >= 0.3 is 18.2 Å². The molecule has 2 amide bonds. The van der Waals surface area contributed by atoms with Gasteiger partial charge in [0.05, 0.1) is 36.9 Å². The van der Waals surface area contributed by atoms with Crippen LogP contribution in [-0.4, -0.2) is 110 Å². The van der Waals surface area contributed by atoms with Crippen molar-refractivity contribution in [2.45, 2.75) is 58.0 Å². The SMILES string of the molecule is COC(=O)CC1CN(C(=O)OC(C)(C)C)CCN1Cc1ccc(C(=O)Nc2ccc(Cl)cc2N2CCN(CCC(F)(F)F)CC2)c(F)c1F. The number of hydrogen-bond acceptors (Lipinski definition) is 8. The van der Waals surface area contributed by atoms with Crippen LogP contribution in [0.25, 0.3) is 0 Å². The minimum absolute atomic E-state index is 0.0507. The van der Waals surface area contributed by atoms with Crippen LogP contribution in [0.4, 0.5) is 38.1 Å². The Morgan fingerprint density at radius 3 is 2.29 bits per heavy atom. The summed E-state index contributed by atoms with van der Waals surface area (Å²) in [4.78, 5) is 44.9. The Morgan fingerprint density at radius 2 is 1.65 bits per heavy atom. The normalized spacial score (nSPS) is 18.0. The highest BCUT2D eigenvalue weighted by atomic mass is 35.5. The molecule has 0 bridgehead atoms. The molecular formula is C33H41ClF5N5O5. The number of anilines is 2. The summed E-state index contributed by atoms with van der Waals surface area (Å²) in [5, 5.41) is 2.98. The molecule has 2 fully saturated rings. The predicted octanol–water partition coefficient (Wildman–Crippen LogP) is 5.93. The van der Waals surface area contributed by atoms with Crippen molar-refractivity contribution in [1.82, 2.24) is 14.7 Å². The first-order valence-corrected chi connectivity index (χ1v) is 16.2. The zero-order chi connectivity index (χ0) is 36.1. The van der Waals surface area contributed by atoms with Crippen LogP contribution in [0.1, 0.15) is 49.5 Å². The molecule has 270 valence electrons. The van der Waals surface area contributed by atoms with Gasteiger partial charge in [0.2, 0.25) is 0 Å². The van der Waals surface area contributed by atoms with E-state index >= 15 is 8.78 Å². The van der Waals surface area contributed by atoms with E-state index in [1.165, 1.54) is 36.3 Å². The number of amides is 2. The number of carbonyl (C=O) groups excluding carboxylic acids is 3. The second kappa shape index (κ2) is 15.9. The van der Waals surface area contributed by atoms with Crippen molar-refractivity contribution in [2.24, 2.45) is 0 Å². The summed E-state index contributed by atoms with van der Waals surface area (Å²) >= 11 is 6.22. The summed E-state index contributed by atoms with van der Waals surface area (Å²) in [6, 6.07) is 6.53. The van der Waals surface area contributed by atoms with E-state index in [2.05, 4.69) is 5.32 Å². The molecule has 2 aromatic rings. The zero-order valence-electron chi connectivity index (χ0n) is 27.8. The highest BCUT2D eigenvalue weighted by Crippen LogP contribution is 2.32. The van der Waals surface area contributed by atoms with Gasteiger partial charge in [0.25, 0.3) is 5.91 Å². The van der Waals surface area contributed by atoms with Crippen molar-refractivity contribution in [3.63, 3.8) is 0 Å². The number of esters is 1. The van der Waals surface area contributed by atoms with Gasteiger partial charge < -0.3 is 24.6 Å². The molecule has 10 nitrogen and oxygen atoms in total. The zero-order valence-corrected chi connectivity index (χ0v) is 28.6. The topological polar surface area (TPSA) is 94.7 Å². The number of nitrogens with zero attached hydrogens (tertiary/aromatic N) is 4. The monoisotopic (exact) mass is 717 g/mol. The van der Waals surface area contributed by atoms with Crippen molar-refractivity contribution in [2.75, 3.05) is 69.7 Å². The number of rotatable bonds is 9. The summed E-state index contributed by atoms with van der Waals surface area (Å²) in [5.74, 6) is -4.04. The van der Waals surface area contributed by atoms with Gasteiger partial charge in [-0.2, -0.15) is 13.2 Å². The molecule has 1 N–H and O–H groups in total. The maximum absolute atomic E-state index is 15.5. The van der Waals surface area contributed by atoms with Gasteiger partial charge in [-0.15, -0.1) is 0 Å². The van der Waals surface area contributed by atoms with E-state index in [0.29, 0.717) is 36.9 Å². The molecule has 16 heteroatoms. The van der Waals surface area contributed by atoms with Gasteiger partial charge in [-0.25, -0.2) is 13.6 Å². The summed E-state index contributed by atoms with van der Waals surface area (Å²) in [6.07, 6.45) is -5.82. The maximum Gasteiger partial charge on any atom is 0.410 e. The van der Waals surface area contributed by atoms with Gasteiger partial charge in [0, 0.05) is 75.5 Å². The Kier molecular flexibility index (Phi) is 12.4. The lowest BCUT2D eigenvalue weighted by Crippen LogP contribution is -2.55. The molecule has 4 rings (SSSR count). The Balaban J connectivity index is 1.45. The van der Waals surface area contributed by atoms with E-state index < -0.39 is 59.4 Å². The number of piperazine rings is 2. The van der Waals surface area contributed by atoms with Gasteiger partial charge in [-0.1, -0.05) is 17.7 Å². The summed E-state index contributed by atoms with van der Waals surface area (Å²) in [6.45, 7) is 6.97. The van der Waals surface area contributed by atoms with Crippen molar-refractivity contribution >= 4 is 40.9 Å². The van der Waals surface area contributed by atoms with Crippen molar-refractivity contribution in [3.05, 3.63) is 58.1 Å². The van der Waals surface area contributed by atoms with Crippen LogP contribution >= 0.6 is 11.6 Å². The molecule has 49 heavy (non-hydrogen) atoms. The van der Waals surface area contributed by atoms with E-state index in [1.54, 1.807) is 36.6 Å². The van der Waals surface area contributed by atoms with Gasteiger partial charge in [0.15, 0.2) is 11.6 Å². The summed E-state index contributed by atoms with van der Waals surface area (Å²) in [7, 11) is 1.23. The smallest absolute Gasteiger partial charge is 0.410 e. The quantitative estimate of drug-likeness (QED) is 0.252. The number of hydrogen-bond donors (Lipinski definition) is 1. The molecule has 0 spiro atoms. The van der Waals surface area contributed by atoms with E-state index in [1.807, 2.05) is 4.90 Å². The average molecular weight is 718 g/mol. The fourth-order valence-corrected chi connectivity index (χ4v) is 5.89. The third kappa shape index (κ3) is 10.6. The van der Waals surface area contributed by atoms with Crippen LogP contribution in [-0.2, 0) is 20.8 Å². The summed E-state index contributed by atoms with van der Waals surface area (Å²) < 4.78 is 79.2. The van der Waals surface area contributed by atoms with E-state index in [4.69, 9.17) is 21.1 Å². The Labute approximate surface area is 287 Å². The molecule has 2 heterocycles. The molecule has 0 aromatic heterocycles.